The highest BCUT2D eigenvalue weighted by Crippen LogP contribution is 2.39. The summed E-state index contributed by atoms with van der Waals surface area (Å²) >= 11 is 0. The topological polar surface area (TPSA) is 94.3 Å². The van der Waals surface area contributed by atoms with Gasteiger partial charge in [-0.25, -0.2) is 21.2 Å². The van der Waals surface area contributed by atoms with Crippen molar-refractivity contribution >= 4 is 19.7 Å². The molecule has 0 aromatic heterocycles. The van der Waals surface area contributed by atoms with E-state index in [4.69, 9.17) is 5.73 Å². The lowest BCUT2D eigenvalue weighted by Crippen LogP contribution is -2.33. The lowest BCUT2D eigenvalue weighted by Gasteiger charge is -2.25. The molecule has 0 bridgehead atoms. The Balaban J connectivity index is 2.79. The van der Waals surface area contributed by atoms with Gasteiger partial charge in [-0.15, -0.1) is 0 Å². The van der Waals surface area contributed by atoms with Crippen molar-refractivity contribution in [1.82, 2.24) is 0 Å². The number of hydrogen-bond acceptors (Lipinski definition) is 5. The van der Waals surface area contributed by atoms with Gasteiger partial charge in [-0.2, -0.15) is 0 Å². The third-order valence-corrected chi connectivity index (χ3v) is 6.26. The highest BCUT2D eigenvalue weighted by atomic mass is 32.2. The Hall–Kier alpha value is -0.990. The summed E-state index contributed by atoms with van der Waals surface area (Å²) < 4.78 is 61.4. The third-order valence-electron chi connectivity index (χ3n) is 3.85. The van der Waals surface area contributed by atoms with Gasteiger partial charge in [-0.3, -0.25) is 0 Å². The Morgan fingerprint density at radius 2 is 1.57 bits per heavy atom. The van der Waals surface area contributed by atoms with Crippen LogP contribution in [-0.2, 0) is 25.2 Å². The minimum absolute atomic E-state index is 0.338. The molecule has 0 spiro atoms. The Bertz CT molecular complexity index is 779. The highest BCUT2D eigenvalue weighted by molar-refractivity contribution is 7.93. The molecule has 5 nitrogen and oxygen atoms in total. The maximum absolute atomic E-state index is 14.3. The number of halogens is 1. The maximum atomic E-state index is 14.3. The molecular formula is C13H18FNO4S2. The number of rotatable bonds is 3. The van der Waals surface area contributed by atoms with Crippen LogP contribution in [0.2, 0.25) is 0 Å². The smallest absolute Gasteiger partial charge is 0.179 e. The molecule has 0 heterocycles. The minimum atomic E-state index is -4.00. The molecule has 1 aromatic rings. The van der Waals surface area contributed by atoms with Crippen molar-refractivity contribution in [2.45, 2.75) is 41.0 Å². The van der Waals surface area contributed by atoms with E-state index in [2.05, 4.69) is 0 Å². The zero-order valence-corrected chi connectivity index (χ0v) is 13.5. The van der Waals surface area contributed by atoms with E-state index in [0.717, 1.165) is 31.4 Å². The summed E-state index contributed by atoms with van der Waals surface area (Å²) in [5.41, 5.74) is 5.75. The fourth-order valence-electron chi connectivity index (χ4n) is 2.79. The number of hydrogen-bond donors (Lipinski definition) is 1. The van der Waals surface area contributed by atoms with Crippen LogP contribution < -0.4 is 5.73 Å². The van der Waals surface area contributed by atoms with E-state index in [0.29, 0.717) is 18.4 Å². The summed E-state index contributed by atoms with van der Waals surface area (Å²) in [7, 11) is -7.90. The van der Waals surface area contributed by atoms with Crippen molar-refractivity contribution in [2.24, 2.45) is 5.73 Å². The van der Waals surface area contributed by atoms with Crippen molar-refractivity contribution in [3.63, 3.8) is 0 Å². The van der Waals surface area contributed by atoms with Crippen molar-refractivity contribution in [1.29, 1.82) is 0 Å². The van der Waals surface area contributed by atoms with Gasteiger partial charge in [0, 0.05) is 18.1 Å². The van der Waals surface area contributed by atoms with Gasteiger partial charge in [-0.05, 0) is 30.5 Å². The third kappa shape index (κ3) is 3.12. The molecule has 2 rings (SSSR count). The Labute approximate surface area is 124 Å². The molecule has 1 saturated carbocycles. The Morgan fingerprint density at radius 1 is 1.05 bits per heavy atom. The predicted molar refractivity (Wildman–Crippen MR) is 77.0 cm³/mol. The van der Waals surface area contributed by atoms with Gasteiger partial charge in [-0.1, -0.05) is 12.8 Å². The lowest BCUT2D eigenvalue weighted by atomic mass is 9.89. The van der Waals surface area contributed by atoms with E-state index in [1.54, 1.807) is 0 Å². The first-order valence-electron chi connectivity index (χ1n) is 6.48. The van der Waals surface area contributed by atoms with E-state index in [-0.39, 0.29) is 0 Å². The molecule has 0 unspecified atom stereocenters. The highest BCUT2D eigenvalue weighted by Gasteiger charge is 2.35. The Kier molecular flexibility index (Phi) is 3.92. The van der Waals surface area contributed by atoms with E-state index in [1.807, 2.05) is 0 Å². The van der Waals surface area contributed by atoms with Crippen molar-refractivity contribution in [3.8, 4) is 0 Å². The minimum Gasteiger partial charge on any atom is -0.321 e. The molecule has 1 fully saturated rings. The van der Waals surface area contributed by atoms with Crippen LogP contribution in [0, 0.1) is 5.82 Å². The number of nitrogens with two attached hydrogens (primary N) is 1. The second-order valence-corrected chi connectivity index (χ2v) is 9.63. The van der Waals surface area contributed by atoms with Gasteiger partial charge in [0.2, 0.25) is 0 Å². The zero-order valence-electron chi connectivity index (χ0n) is 11.9. The van der Waals surface area contributed by atoms with Crippen LogP contribution in [0.4, 0.5) is 4.39 Å². The van der Waals surface area contributed by atoms with Gasteiger partial charge in [0.15, 0.2) is 19.7 Å². The first kappa shape index (κ1) is 16.4. The zero-order chi connectivity index (χ0) is 16.1. The SMILES string of the molecule is CS(=O)(=O)c1cc(C2(N)CCCC2)cc(F)c1S(C)(=O)=O. The predicted octanol–water partition coefficient (Wildman–Crippen LogP) is 1.36. The summed E-state index contributed by atoms with van der Waals surface area (Å²) in [5, 5.41) is 0. The van der Waals surface area contributed by atoms with E-state index in [9.17, 15) is 21.2 Å². The van der Waals surface area contributed by atoms with Crippen LogP contribution in [-0.4, -0.2) is 29.3 Å². The summed E-state index contributed by atoms with van der Waals surface area (Å²) in [6.07, 6.45) is 4.63. The van der Waals surface area contributed by atoms with Crippen LogP contribution in [0.5, 0.6) is 0 Å². The van der Waals surface area contributed by atoms with Crippen LogP contribution in [0.15, 0.2) is 21.9 Å². The molecule has 0 atom stereocenters. The fraction of sp³-hybridized carbons (Fsp3) is 0.538. The number of sulfone groups is 2. The summed E-state index contributed by atoms with van der Waals surface area (Å²) in [5.74, 6) is -1.06. The van der Waals surface area contributed by atoms with Crippen LogP contribution in [0.3, 0.4) is 0 Å². The van der Waals surface area contributed by atoms with Crippen LogP contribution in [0.1, 0.15) is 31.2 Å². The van der Waals surface area contributed by atoms with Gasteiger partial charge in [0.05, 0.1) is 4.90 Å². The first-order chi connectivity index (χ1) is 9.45. The van der Waals surface area contributed by atoms with Crippen LogP contribution in [0.25, 0.3) is 0 Å². The van der Waals surface area contributed by atoms with E-state index in [1.165, 1.54) is 6.07 Å². The molecular weight excluding hydrogens is 317 g/mol. The van der Waals surface area contributed by atoms with Gasteiger partial charge in [0.1, 0.15) is 10.7 Å². The van der Waals surface area contributed by atoms with Crippen molar-refractivity contribution < 1.29 is 21.2 Å². The van der Waals surface area contributed by atoms with Crippen LogP contribution >= 0.6 is 0 Å². The molecule has 1 aliphatic carbocycles. The molecule has 0 aliphatic heterocycles. The molecule has 118 valence electrons. The van der Waals surface area contributed by atoms with E-state index >= 15 is 0 Å². The van der Waals surface area contributed by atoms with Gasteiger partial charge < -0.3 is 5.73 Å². The van der Waals surface area contributed by atoms with Gasteiger partial charge in [0.25, 0.3) is 0 Å². The monoisotopic (exact) mass is 335 g/mol. The molecule has 1 aromatic carbocycles. The average molecular weight is 335 g/mol. The quantitative estimate of drug-likeness (QED) is 0.900. The fourth-order valence-corrected chi connectivity index (χ4v) is 5.31. The van der Waals surface area contributed by atoms with E-state index < -0.39 is 40.8 Å². The first-order valence-corrected chi connectivity index (χ1v) is 10.3. The summed E-state index contributed by atoms with van der Waals surface area (Å²) in [6, 6.07) is 2.26. The van der Waals surface area contributed by atoms with Crippen molar-refractivity contribution in [3.05, 3.63) is 23.5 Å². The molecule has 1 aliphatic rings. The van der Waals surface area contributed by atoms with Gasteiger partial charge >= 0.3 is 0 Å². The molecule has 0 saturated heterocycles. The number of benzene rings is 1. The summed E-state index contributed by atoms with van der Waals surface area (Å²) in [4.78, 5) is -1.30. The Morgan fingerprint density at radius 3 is 2.00 bits per heavy atom. The second-order valence-electron chi connectivity index (χ2n) is 5.69. The largest absolute Gasteiger partial charge is 0.321 e. The molecule has 8 heteroatoms. The molecule has 21 heavy (non-hydrogen) atoms. The van der Waals surface area contributed by atoms with Crippen molar-refractivity contribution in [2.75, 3.05) is 12.5 Å². The second kappa shape index (κ2) is 5.03. The molecule has 0 amide bonds. The lowest BCUT2D eigenvalue weighted by molar-refractivity contribution is 0.452. The molecule has 2 N–H and O–H groups in total. The molecule has 0 radical (unpaired) electrons. The normalized spacial score (nSPS) is 18.9. The standard InChI is InChI=1S/C13H18FNO4S2/c1-20(16,17)11-8-9(13(15)5-3-4-6-13)7-10(14)12(11)21(2,18)19/h7-8H,3-6,15H2,1-2H3. The summed E-state index contributed by atoms with van der Waals surface area (Å²) in [6.45, 7) is 0. The maximum Gasteiger partial charge on any atom is 0.179 e. The average Bonchev–Trinajstić information content (AvgIpc) is 2.73.